The van der Waals surface area contributed by atoms with Crippen LogP contribution in [0.15, 0.2) is 36.0 Å². The van der Waals surface area contributed by atoms with E-state index in [1.54, 1.807) is 0 Å². The van der Waals surface area contributed by atoms with Gasteiger partial charge >= 0.3 is 41.8 Å². The molecule has 0 saturated carbocycles. The number of esters is 2. The minimum absolute atomic E-state index is 0.358. The van der Waals surface area contributed by atoms with E-state index in [1.807, 2.05) is 0 Å². The van der Waals surface area contributed by atoms with Crippen molar-refractivity contribution < 1.29 is 63.8 Å². The van der Waals surface area contributed by atoms with Gasteiger partial charge in [0.05, 0.1) is 24.8 Å². The van der Waals surface area contributed by atoms with Crippen LogP contribution >= 0.6 is 0 Å². The first-order chi connectivity index (χ1) is 13.2. The predicted molar refractivity (Wildman–Crippen MR) is 89.5 cm³/mol. The Morgan fingerprint density at radius 3 is 1.24 bits per heavy atom. The van der Waals surface area contributed by atoms with Crippen LogP contribution in [0.2, 0.25) is 0 Å². The molecular formula is C16H16O13. The minimum Gasteiger partial charge on any atom is -0.481 e. The molecule has 0 heterocycles. The molecule has 0 aliphatic heterocycles. The summed E-state index contributed by atoms with van der Waals surface area (Å²) in [5, 5.41) is 41.2. The fraction of sp³-hybridized carbons (Fsp3) is 0.188. The molecule has 0 aliphatic carbocycles. The lowest BCUT2D eigenvalue weighted by Gasteiger charge is -2.04. The Morgan fingerprint density at radius 1 is 0.655 bits per heavy atom. The van der Waals surface area contributed by atoms with Gasteiger partial charge in [-0.3, -0.25) is 14.4 Å². The summed E-state index contributed by atoms with van der Waals surface area (Å²) in [6, 6.07) is 0. The van der Waals surface area contributed by atoms with Crippen molar-refractivity contribution in [2.24, 2.45) is 0 Å². The van der Waals surface area contributed by atoms with Gasteiger partial charge in [0.1, 0.15) is 0 Å². The standard InChI is InChI=1S/C10H10O7.C6H6O6/c1-5(3-7(11)12)9(15)17-10(16)6(2)4-8(13)14;7-4(8)1-3(6(11)12)2-5(9)10/h1-4H2,(H,11,12)(H,13,14);1H,2H2,(H,7,8)(H,9,10)(H,11,12)/b;3-1-. The Bertz CT molecular complexity index is 747. The van der Waals surface area contributed by atoms with Crippen molar-refractivity contribution in [2.45, 2.75) is 19.3 Å². The molecule has 0 fully saturated rings. The first-order valence-corrected chi connectivity index (χ1v) is 7.11. The zero-order valence-corrected chi connectivity index (χ0v) is 14.6. The van der Waals surface area contributed by atoms with Gasteiger partial charge in [-0.25, -0.2) is 19.2 Å². The van der Waals surface area contributed by atoms with Gasteiger partial charge in [0, 0.05) is 17.2 Å². The van der Waals surface area contributed by atoms with E-state index in [4.69, 9.17) is 25.5 Å². The molecular weight excluding hydrogens is 400 g/mol. The third-order valence-corrected chi connectivity index (χ3v) is 2.41. The van der Waals surface area contributed by atoms with Gasteiger partial charge in [0.25, 0.3) is 0 Å². The summed E-state index contributed by atoms with van der Waals surface area (Å²) in [5.74, 6) is -9.45. The molecule has 0 aliphatic rings. The normalized spacial score (nSPS) is 9.86. The summed E-state index contributed by atoms with van der Waals surface area (Å²) in [7, 11) is 0. The molecule has 0 amide bonds. The number of aliphatic carboxylic acids is 5. The molecule has 0 aromatic heterocycles. The van der Waals surface area contributed by atoms with Crippen molar-refractivity contribution in [1.29, 1.82) is 0 Å². The lowest BCUT2D eigenvalue weighted by molar-refractivity contribution is -0.156. The van der Waals surface area contributed by atoms with E-state index in [0.29, 0.717) is 6.08 Å². The zero-order chi connectivity index (χ0) is 23.3. The summed E-state index contributed by atoms with van der Waals surface area (Å²) in [5.41, 5.74) is -1.50. The number of ether oxygens (including phenoxy) is 1. The highest BCUT2D eigenvalue weighted by Crippen LogP contribution is 2.06. The van der Waals surface area contributed by atoms with Crippen molar-refractivity contribution in [1.82, 2.24) is 0 Å². The number of hydrogen-bond donors (Lipinski definition) is 5. The highest BCUT2D eigenvalue weighted by Gasteiger charge is 2.19. The number of hydrogen-bond acceptors (Lipinski definition) is 8. The molecule has 13 nitrogen and oxygen atoms in total. The lowest BCUT2D eigenvalue weighted by atomic mass is 10.2. The van der Waals surface area contributed by atoms with E-state index in [1.165, 1.54) is 0 Å². The number of carboxylic acids is 5. The van der Waals surface area contributed by atoms with Gasteiger partial charge in [0.15, 0.2) is 0 Å². The van der Waals surface area contributed by atoms with Crippen molar-refractivity contribution >= 4 is 41.8 Å². The van der Waals surface area contributed by atoms with Crippen molar-refractivity contribution in [3.63, 3.8) is 0 Å². The highest BCUT2D eigenvalue weighted by molar-refractivity contribution is 6.04. The number of carboxylic acid groups (broad SMARTS) is 5. The second-order valence-corrected chi connectivity index (χ2v) is 4.91. The lowest BCUT2D eigenvalue weighted by Crippen LogP contribution is -2.18. The molecule has 0 rings (SSSR count). The van der Waals surface area contributed by atoms with E-state index >= 15 is 0 Å². The second-order valence-electron chi connectivity index (χ2n) is 4.91. The van der Waals surface area contributed by atoms with Crippen molar-refractivity contribution in [2.75, 3.05) is 0 Å². The maximum absolute atomic E-state index is 11.1. The average Bonchev–Trinajstić information content (AvgIpc) is 2.52. The van der Waals surface area contributed by atoms with Crippen LogP contribution in [0.3, 0.4) is 0 Å². The molecule has 0 bridgehead atoms. The Labute approximate surface area is 161 Å². The quantitative estimate of drug-likeness (QED) is 0.175. The van der Waals surface area contributed by atoms with Crippen LogP contribution < -0.4 is 0 Å². The zero-order valence-electron chi connectivity index (χ0n) is 14.6. The monoisotopic (exact) mass is 416 g/mol. The summed E-state index contributed by atoms with van der Waals surface area (Å²) >= 11 is 0. The maximum Gasteiger partial charge on any atom is 0.341 e. The fourth-order valence-electron chi connectivity index (χ4n) is 1.24. The second kappa shape index (κ2) is 13.0. The topological polar surface area (TPSA) is 230 Å². The Morgan fingerprint density at radius 2 is 1.00 bits per heavy atom. The first-order valence-electron chi connectivity index (χ1n) is 7.11. The molecule has 158 valence electrons. The number of carbonyl (C=O) groups is 7. The maximum atomic E-state index is 11.1. The largest absolute Gasteiger partial charge is 0.481 e. The van der Waals surface area contributed by atoms with Gasteiger partial charge in [-0.2, -0.15) is 0 Å². The Balaban J connectivity index is 0. The first kappa shape index (κ1) is 26.9. The van der Waals surface area contributed by atoms with Crippen LogP contribution in [0.25, 0.3) is 0 Å². The smallest absolute Gasteiger partial charge is 0.341 e. The van der Waals surface area contributed by atoms with Crippen molar-refractivity contribution in [3.8, 4) is 0 Å². The fourth-order valence-corrected chi connectivity index (χ4v) is 1.24. The van der Waals surface area contributed by atoms with Crippen LogP contribution in [0.5, 0.6) is 0 Å². The third-order valence-electron chi connectivity index (χ3n) is 2.41. The van der Waals surface area contributed by atoms with Crippen LogP contribution in [-0.2, 0) is 38.3 Å². The van der Waals surface area contributed by atoms with Gasteiger partial charge in [-0.1, -0.05) is 13.2 Å². The van der Waals surface area contributed by atoms with Crippen LogP contribution in [0, 0.1) is 0 Å². The molecule has 0 spiro atoms. The molecule has 13 heteroatoms. The molecule has 0 radical (unpaired) electrons. The van der Waals surface area contributed by atoms with Crippen LogP contribution in [-0.4, -0.2) is 67.3 Å². The predicted octanol–water partition coefficient (Wildman–Crippen LogP) is -0.325. The van der Waals surface area contributed by atoms with E-state index < -0.39 is 77.8 Å². The van der Waals surface area contributed by atoms with Gasteiger partial charge in [0.2, 0.25) is 0 Å². The molecule has 5 N–H and O–H groups in total. The molecule has 0 aromatic carbocycles. The summed E-state index contributed by atoms with van der Waals surface area (Å²) in [6.07, 6.45) is -1.78. The molecule has 0 unspecified atom stereocenters. The van der Waals surface area contributed by atoms with Crippen molar-refractivity contribution in [3.05, 3.63) is 36.0 Å². The molecule has 0 saturated heterocycles. The van der Waals surface area contributed by atoms with Crippen LogP contribution in [0.1, 0.15) is 19.3 Å². The van der Waals surface area contributed by atoms with E-state index in [2.05, 4.69) is 17.9 Å². The SMILES string of the molecule is C=C(CC(=O)O)C(=O)OC(=O)C(=C)CC(=O)O.O=C(O)/C=C(/CC(=O)O)C(=O)O. The van der Waals surface area contributed by atoms with E-state index in [-0.39, 0.29) is 0 Å². The molecule has 29 heavy (non-hydrogen) atoms. The molecule has 0 atom stereocenters. The third kappa shape index (κ3) is 14.6. The Kier molecular flexibility index (Phi) is 12.0. The highest BCUT2D eigenvalue weighted by atomic mass is 16.6. The number of rotatable bonds is 10. The van der Waals surface area contributed by atoms with E-state index in [9.17, 15) is 33.6 Å². The Hall–Kier alpha value is -4.29. The van der Waals surface area contributed by atoms with Gasteiger partial charge in [-0.05, 0) is 0 Å². The minimum atomic E-state index is -1.54. The van der Waals surface area contributed by atoms with Crippen LogP contribution in [0.4, 0.5) is 0 Å². The summed E-state index contributed by atoms with van der Waals surface area (Å²) in [6.45, 7) is 6.23. The summed E-state index contributed by atoms with van der Waals surface area (Å²) in [4.78, 5) is 72.8. The average molecular weight is 416 g/mol. The van der Waals surface area contributed by atoms with E-state index in [0.717, 1.165) is 0 Å². The molecule has 0 aromatic rings. The van der Waals surface area contributed by atoms with Gasteiger partial charge < -0.3 is 30.3 Å². The van der Waals surface area contributed by atoms with Gasteiger partial charge in [-0.15, -0.1) is 0 Å². The summed E-state index contributed by atoms with van der Waals surface area (Å²) < 4.78 is 4.17. The number of carbonyl (C=O) groups excluding carboxylic acids is 2.